The predicted octanol–water partition coefficient (Wildman–Crippen LogP) is 1.49. The number of hydrogen-bond donors (Lipinski definition) is 2. The molecule has 0 bridgehead atoms. The van der Waals surface area contributed by atoms with Crippen LogP contribution >= 0.6 is 0 Å². The van der Waals surface area contributed by atoms with E-state index in [-0.39, 0.29) is 5.91 Å². The average molecular weight is 255 g/mol. The van der Waals surface area contributed by atoms with Crippen molar-refractivity contribution in [1.29, 1.82) is 0 Å². The van der Waals surface area contributed by atoms with Crippen molar-refractivity contribution in [2.75, 3.05) is 19.6 Å². The summed E-state index contributed by atoms with van der Waals surface area (Å²) >= 11 is 0. The molecule has 4 nitrogen and oxygen atoms in total. The van der Waals surface area contributed by atoms with Crippen molar-refractivity contribution in [2.24, 2.45) is 5.73 Å². The van der Waals surface area contributed by atoms with Gasteiger partial charge in [-0.25, -0.2) is 0 Å². The van der Waals surface area contributed by atoms with Crippen LogP contribution in [0, 0.1) is 0 Å². The van der Waals surface area contributed by atoms with Crippen molar-refractivity contribution in [1.82, 2.24) is 10.2 Å². The van der Waals surface area contributed by atoms with Crippen LogP contribution < -0.4 is 11.1 Å². The average Bonchev–Trinajstić information content (AvgIpc) is 2.36. The third kappa shape index (κ3) is 5.83. The summed E-state index contributed by atoms with van der Waals surface area (Å²) in [6, 6.07) is 1.29. The van der Waals surface area contributed by atoms with E-state index in [1.165, 1.54) is 25.7 Å². The fourth-order valence-corrected chi connectivity index (χ4v) is 2.67. The maximum absolute atomic E-state index is 10.9. The first-order valence-corrected chi connectivity index (χ1v) is 7.42. The predicted molar refractivity (Wildman–Crippen MR) is 75.4 cm³/mol. The fourth-order valence-electron chi connectivity index (χ4n) is 2.67. The molecular formula is C14H29N3O. The molecule has 0 aliphatic carbocycles. The van der Waals surface area contributed by atoms with E-state index in [0.29, 0.717) is 18.6 Å². The number of nitrogens with zero attached hydrogens (tertiary/aromatic N) is 1. The Bertz CT molecular complexity index is 237. The number of amides is 1. The number of likely N-dealkylation sites (tertiary alicyclic amines) is 1. The molecule has 1 saturated heterocycles. The summed E-state index contributed by atoms with van der Waals surface area (Å²) in [6.07, 6.45) is 7.35. The first-order chi connectivity index (χ1) is 8.65. The van der Waals surface area contributed by atoms with E-state index in [4.69, 9.17) is 5.73 Å². The zero-order chi connectivity index (χ0) is 13.4. The van der Waals surface area contributed by atoms with E-state index in [2.05, 4.69) is 24.1 Å². The number of unbranched alkanes of at least 4 members (excludes halogenated alkanes) is 1. The normalized spacial score (nSPS) is 19.9. The maximum Gasteiger partial charge on any atom is 0.231 e. The number of nitrogens with two attached hydrogens (primary N) is 1. The molecule has 1 amide bonds. The Labute approximate surface area is 111 Å². The molecular weight excluding hydrogens is 226 g/mol. The second kappa shape index (κ2) is 8.48. The molecule has 0 saturated carbocycles. The molecule has 0 radical (unpaired) electrons. The van der Waals surface area contributed by atoms with E-state index >= 15 is 0 Å². The first-order valence-electron chi connectivity index (χ1n) is 7.42. The smallest absolute Gasteiger partial charge is 0.231 e. The van der Waals surface area contributed by atoms with Gasteiger partial charge in [-0.1, -0.05) is 26.7 Å². The van der Waals surface area contributed by atoms with Crippen LogP contribution in [0.1, 0.15) is 52.4 Å². The van der Waals surface area contributed by atoms with Crippen LogP contribution in [0.2, 0.25) is 0 Å². The van der Waals surface area contributed by atoms with Gasteiger partial charge >= 0.3 is 0 Å². The molecule has 4 heteroatoms. The molecule has 0 aromatic carbocycles. The van der Waals surface area contributed by atoms with Crippen LogP contribution in [0.15, 0.2) is 0 Å². The van der Waals surface area contributed by atoms with Crippen LogP contribution in [0.5, 0.6) is 0 Å². The molecule has 1 unspecified atom stereocenters. The largest absolute Gasteiger partial charge is 0.369 e. The topological polar surface area (TPSA) is 58.4 Å². The van der Waals surface area contributed by atoms with Gasteiger partial charge in [0.1, 0.15) is 0 Å². The summed E-state index contributed by atoms with van der Waals surface area (Å²) < 4.78 is 0. The van der Waals surface area contributed by atoms with Crippen molar-refractivity contribution in [3.63, 3.8) is 0 Å². The Morgan fingerprint density at radius 2 is 2.06 bits per heavy atom. The second-order valence-corrected chi connectivity index (χ2v) is 5.43. The van der Waals surface area contributed by atoms with Gasteiger partial charge in [0, 0.05) is 25.2 Å². The number of primary amides is 1. The minimum atomic E-state index is -0.212. The Morgan fingerprint density at radius 3 is 2.56 bits per heavy atom. The summed E-state index contributed by atoms with van der Waals surface area (Å²) in [5, 5.41) is 3.77. The van der Waals surface area contributed by atoms with Gasteiger partial charge in [0.05, 0.1) is 6.54 Å². The summed E-state index contributed by atoms with van der Waals surface area (Å²) in [4.78, 5) is 13.0. The first kappa shape index (κ1) is 15.4. The van der Waals surface area contributed by atoms with E-state index < -0.39 is 0 Å². The molecule has 1 aliphatic heterocycles. The SMILES string of the molecule is CCCCC(CC)NC1CCN(CC(N)=O)CC1. The van der Waals surface area contributed by atoms with E-state index in [9.17, 15) is 4.79 Å². The molecule has 1 rings (SSSR count). The van der Waals surface area contributed by atoms with E-state index in [1.54, 1.807) is 0 Å². The lowest BCUT2D eigenvalue weighted by Crippen LogP contribution is -2.47. The second-order valence-electron chi connectivity index (χ2n) is 5.43. The van der Waals surface area contributed by atoms with Gasteiger partial charge in [-0.15, -0.1) is 0 Å². The number of rotatable bonds is 8. The van der Waals surface area contributed by atoms with Gasteiger partial charge in [-0.2, -0.15) is 0 Å². The highest BCUT2D eigenvalue weighted by Crippen LogP contribution is 2.13. The quantitative estimate of drug-likeness (QED) is 0.691. The maximum atomic E-state index is 10.9. The Hall–Kier alpha value is -0.610. The van der Waals surface area contributed by atoms with Gasteiger partial charge in [0.15, 0.2) is 0 Å². The minimum Gasteiger partial charge on any atom is -0.369 e. The number of carbonyl (C=O) groups excluding carboxylic acids is 1. The summed E-state index contributed by atoms with van der Waals surface area (Å²) in [5.74, 6) is -0.212. The van der Waals surface area contributed by atoms with E-state index in [0.717, 1.165) is 25.9 Å². The zero-order valence-corrected chi connectivity index (χ0v) is 12.0. The van der Waals surface area contributed by atoms with Crippen LogP contribution in [0.3, 0.4) is 0 Å². The Balaban J connectivity index is 2.23. The van der Waals surface area contributed by atoms with Crippen LogP contribution in [0.25, 0.3) is 0 Å². The fraction of sp³-hybridized carbons (Fsp3) is 0.929. The van der Waals surface area contributed by atoms with Crippen molar-refractivity contribution in [2.45, 2.75) is 64.5 Å². The van der Waals surface area contributed by atoms with Crippen molar-refractivity contribution >= 4 is 5.91 Å². The molecule has 18 heavy (non-hydrogen) atoms. The summed E-state index contributed by atoms with van der Waals surface area (Å²) in [5.41, 5.74) is 5.22. The summed E-state index contributed by atoms with van der Waals surface area (Å²) in [6.45, 7) is 6.90. The monoisotopic (exact) mass is 255 g/mol. The Kier molecular flexibility index (Phi) is 7.28. The van der Waals surface area contributed by atoms with Gasteiger partial charge in [0.2, 0.25) is 5.91 Å². The molecule has 0 aromatic rings. The standard InChI is InChI=1S/C14H29N3O/c1-3-5-6-12(4-2)16-13-7-9-17(10-8-13)11-14(15)18/h12-13,16H,3-11H2,1-2H3,(H2,15,18). The van der Waals surface area contributed by atoms with Gasteiger partial charge in [-0.3, -0.25) is 9.69 Å². The van der Waals surface area contributed by atoms with Crippen molar-refractivity contribution < 1.29 is 4.79 Å². The third-order valence-electron chi connectivity index (χ3n) is 3.84. The highest BCUT2D eigenvalue weighted by Gasteiger charge is 2.21. The van der Waals surface area contributed by atoms with Gasteiger partial charge < -0.3 is 11.1 Å². The molecule has 0 spiro atoms. The molecule has 106 valence electrons. The molecule has 1 aliphatic rings. The number of hydrogen-bond acceptors (Lipinski definition) is 3. The lowest BCUT2D eigenvalue weighted by molar-refractivity contribution is -0.119. The van der Waals surface area contributed by atoms with Crippen molar-refractivity contribution in [3.8, 4) is 0 Å². The highest BCUT2D eigenvalue weighted by atomic mass is 16.1. The minimum absolute atomic E-state index is 0.212. The van der Waals surface area contributed by atoms with Crippen LogP contribution in [-0.4, -0.2) is 42.5 Å². The molecule has 0 aromatic heterocycles. The molecule has 1 heterocycles. The van der Waals surface area contributed by atoms with Gasteiger partial charge in [-0.05, 0) is 25.7 Å². The molecule has 1 fully saturated rings. The number of nitrogens with one attached hydrogen (secondary N) is 1. The van der Waals surface area contributed by atoms with E-state index in [1.807, 2.05) is 0 Å². The third-order valence-corrected chi connectivity index (χ3v) is 3.84. The molecule has 3 N–H and O–H groups in total. The number of carbonyl (C=O) groups is 1. The van der Waals surface area contributed by atoms with Gasteiger partial charge in [0.25, 0.3) is 0 Å². The number of piperidine rings is 1. The zero-order valence-electron chi connectivity index (χ0n) is 12.0. The highest BCUT2D eigenvalue weighted by molar-refractivity contribution is 5.75. The lowest BCUT2D eigenvalue weighted by atomic mass is 10.0. The molecule has 1 atom stereocenters. The van der Waals surface area contributed by atoms with Crippen LogP contribution in [-0.2, 0) is 4.79 Å². The summed E-state index contributed by atoms with van der Waals surface area (Å²) in [7, 11) is 0. The lowest BCUT2D eigenvalue weighted by Gasteiger charge is -2.33. The Morgan fingerprint density at radius 1 is 1.39 bits per heavy atom. The van der Waals surface area contributed by atoms with Crippen LogP contribution in [0.4, 0.5) is 0 Å². The van der Waals surface area contributed by atoms with Crippen molar-refractivity contribution in [3.05, 3.63) is 0 Å².